The maximum absolute atomic E-state index is 13.4. The molecule has 8 heteroatoms. The second-order valence-corrected chi connectivity index (χ2v) is 7.70. The molecule has 0 saturated carbocycles. The van der Waals surface area contributed by atoms with Gasteiger partial charge in [-0.3, -0.25) is 9.89 Å². The van der Waals surface area contributed by atoms with E-state index in [1.807, 2.05) is 30.1 Å². The number of benzene rings is 2. The molecule has 0 spiro atoms. The predicted octanol–water partition coefficient (Wildman–Crippen LogP) is 3.02. The molecule has 1 unspecified atom stereocenters. The molecule has 0 aliphatic carbocycles. The van der Waals surface area contributed by atoms with Crippen molar-refractivity contribution in [3.8, 4) is 11.5 Å². The van der Waals surface area contributed by atoms with E-state index >= 15 is 0 Å². The summed E-state index contributed by atoms with van der Waals surface area (Å²) in [6, 6.07) is 10.2. The van der Waals surface area contributed by atoms with Crippen LogP contribution in [0.3, 0.4) is 0 Å². The molecule has 2 N–H and O–H groups in total. The summed E-state index contributed by atoms with van der Waals surface area (Å²) < 4.78 is 13.4. The molecule has 1 amide bonds. The highest BCUT2D eigenvalue weighted by molar-refractivity contribution is 5.98. The number of carbonyl (C=O) groups is 1. The van der Waals surface area contributed by atoms with E-state index in [1.165, 1.54) is 12.1 Å². The molecule has 4 aromatic rings. The Balaban J connectivity index is 1.47. The molecule has 0 radical (unpaired) electrons. The summed E-state index contributed by atoms with van der Waals surface area (Å²) in [6.45, 7) is 1.90. The number of hydrogen-bond acceptors (Lipinski definition) is 4. The lowest BCUT2D eigenvalue weighted by atomic mass is 10.1. The van der Waals surface area contributed by atoms with E-state index in [2.05, 4.69) is 32.1 Å². The van der Waals surface area contributed by atoms with Gasteiger partial charge < -0.3 is 14.8 Å². The lowest BCUT2D eigenvalue weighted by Gasteiger charge is -2.24. The van der Waals surface area contributed by atoms with Gasteiger partial charge in [-0.15, -0.1) is 0 Å². The standard InChI is InChI=1S/C21H21FN6O/c1-27-8-7-14(11-27)28(2)21(29)12-3-6-16-18(9-12)24-20(23-16)19-15-5-4-13(22)10-17(15)25-26-19/h3-6,9-10,14H,7-8,11H2,1-2H3,(H,23,24)(H,25,26). The minimum atomic E-state index is -0.321. The van der Waals surface area contributed by atoms with Crippen LogP contribution in [-0.2, 0) is 0 Å². The van der Waals surface area contributed by atoms with Crippen molar-refractivity contribution in [2.75, 3.05) is 27.2 Å². The zero-order chi connectivity index (χ0) is 20.1. The highest BCUT2D eigenvalue weighted by atomic mass is 19.1. The summed E-state index contributed by atoms with van der Waals surface area (Å²) in [5.74, 6) is 0.260. The van der Waals surface area contributed by atoms with Crippen molar-refractivity contribution in [2.24, 2.45) is 0 Å². The quantitative estimate of drug-likeness (QED) is 0.562. The Labute approximate surface area is 166 Å². The fourth-order valence-corrected chi connectivity index (χ4v) is 4.02. The van der Waals surface area contributed by atoms with Crippen molar-refractivity contribution in [1.29, 1.82) is 0 Å². The molecule has 1 fully saturated rings. The molecule has 7 nitrogen and oxygen atoms in total. The van der Waals surface area contributed by atoms with Gasteiger partial charge >= 0.3 is 0 Å². The van der Waals surface area contributed by atoms with Gasteiger partial charge in [0, 0.05) is 30.6 Å². The van der Waals surface area contributed by atoms with Crippen LogP contribution in [0.4, 0.5) is 4.39 Å². The minimum Gasteiger partial charge on any atom is -0.337 e. The Morgan fingerprint density at radius 2 is 2.10 bits per heavy atom. The molecule has 1 aliphatic heterocycles. The predicted molar refractivity (Wildman–Crippen MR) is 109 cm³/mol. The smallest absolute Gasteiger partial charge is 0.253 e. The van der Waals surface area contributed by atoms with E-state index in [9.17, 15) is 9.18 Å². The summed E-state index contributed by atoms with van der Waals surface area (Å²) in [7, 11) is 3.94. The summed E-state index contributed by atoms with van der Waals surface area (Å²) in [4.78, 5) is 24.9. The third-order valence-corrected chi connectivity index (χ3v) is 5.71. The molecule has 2 aromatic heterocycles. The first-order chi connectivity index (χ1) is 14.0. The Morgan fingerprint density at radius 1 is 1.24 bits per heavy atom. The van der Waals surface area contributed by atoms with E-state index in [0.717, 1.165) is 35.9 Å². The largest absolute Gasteiger partial charge is 0.337 e. The average molecular weight is 392 g/mol. The molecule has 148 valence electrons. The van der Waals surface area contributed by atoms with Crippen molar-refractivity contribution >= 4 is 27.8 Å². The van der Waals surface area contributed by atoms with Crippen LogP contribution in [0.1, 0.15) is 16.8 Å². The Morgan fingerprint density at radius 3 is 2.90 bits per heavy atom. The number of imidazole rings is 1. The van der Waals surface area contributed by atoms with Crippen LogP contribution < -0.4 is 0 Å². The maximum Gasteiger partial charge on any atom is 0.253 e. The van der Waals surface area contributed by atoms with Gasteiger partial charge in [0.05, 0.1) is 16.6 Å². The summed E-state index contributed by atoms with van der Waals surface area (Å²) in [5.41, 5.74) is 3.37. The first kappa shape index (κ1) is 17.8. The third kappa shape index (κ3) is 3.05. The first-order valence-electron chi connectivity index (χ1n) is 9.59. The highest BCUT2D eigenvalue weighted by Gasteiger charge is 2.27. The minimum absolute atomic E-state index is 0.00374. The number of nitrogens with zero attached hydrogens (tertiary/aromatic N) is 4. The number of hydrogen-bond donors (Lipinski definition) is 2. The summed E-state index contributed by atoms with van der Waals surface area (Å²) >= 11 is 0. The van der Waals surface area contributed by atoms with E-state index in [4.69, 9.17) is 0 Å². The fraction of sp³-hybridized carbons (Fsp3) is 0.286. The van der Waals surface area contributed by atoms with Gasteiger partial charge in [0.25, 0.3) is 5.91 Å². The van der Waals surface area contributed by atoms with Crippen LogP contribution in [0, 0.1) is 5.82 Å². The number of carbonyl (C=O) groups excluding carboxylic acids is 1. The van der Waals surface area contributed by atoms with E-state index < -0.39 is 0 Å². The summed E-state index contributed by atoms with van der Waals surface area (Å²) in [5, 5.41) is 7.90. The van der Waals surface area contributed by atoms with Gasteiger partial charge in [-0.1, -0.05) is 0 Å². The van der Waals surface area contributed by atoms with Crippen LogP contribution in [0.5, 0.6) is 0 Å². The summed E-state index contributed by atoms with van der Waals surface area (Å²) in [6.07, 6.45) is 0.988. The molecular weight excluding hydrogens is 371 g/mol. The zero-order valence-corrected chi connectivity index (χ0v) is 16.2. The molecule has 29 heavy (non-hydrogen) atoms. The van der Waals surface area contributed by atoms with Crippen molar-refractivity contribution in [1.82, 2.24) is 30.0 Å². The SMILES string of the molecule is CN1CCC(N(C)C(=O)c2ccc3nc(-c4n[nH]c5cc(F)ccc45)[nH]c3c2)C1. The zero-order valence-electron chi connectivity index (χ0n) is 16.2. The number of fused-ring (bicyclic) bond motifs is 2. The third-order valence-electron chi connectivity index (χ3n) is 5.71. The maximum atomic E-state index is 13.4. The molecule has 2 aromatic carbocycles. The highest BCUT2D eigenvalue weighted by Crippen LogP contribution is 2.27. The second kappa shape index (κ2) is 6.66. The van der Waals surface area contributed by atoms with Crippen molar-refractivity contribution in [2.45, 2.75) is 12.5 Å². The topological polar surface area (TPSA) is 80.9 Å². The number of aromatic nitrogens is 4. The first-order valence-corrected chi connectivity index (χ1v) is 9.59. The number of nitrogens with one attached hydrogen (secondary N) is 2. The van der Waals surface area contributed by atoms with Gasteiger partial charge in [0.1, 0.15) is 11.5 Å². The van der Waals surface area contributed by atoms with Crippen LogP contribution >= 0.6 is 0 Å². The fourth-order valence-electron chi connectivity index (χ4n) is 4.02. The Hall–Kier alpha value is -3.26. The lowest BCUT2D eigenvalue weighted by Crippen LogP contribution is -2.38. The van der Waals surface area contributed by atoms with Gasteiger partial charge in [0.2, 0.25) is 0 Å². The monoisotopic (exact) mass is 392 g/mol. The molecule has 1 saturated heterocycles. The Bertz CT molecular complexity index is 1230. The number of aromatic amines is 2. The van der Waals surface area contributed by atoms with Crippen LogP contribution in [0.15, 0.2) is 36.4 Å². The van der Waals surface area contributed by atoms with Crippen molar-refractivity contribution < 1.29 is 9.18 Å². The van der Waals surface area contributed by atoms with Crippen molar-refractivity contribution in [3.05, 3.63) is 47.8 Å². The number of likely N-dealkylation sites (tertiary alicyclic amines) is 1. The number of halogens is 1. The van der Waals surface area contributed by atoms with Crippen molar-refractivity contribution in [3.63, 3.8) is 0 Å². The molecule has 1 atom stereocenters. The Kier molecular flexibility index (Phi) is 4.09. The molecule has 5 rings (SSSR count). The van der Waals surface area contributed by atoms with Crippen LogP contribution in [-0.4, -0.2) is 69.1 Å². The van der Waals surface area contributed by atoms with E-state index in [-0.39, 0.29) is 17.8 Å². The average Bonchev–Trinajstić information content (AvgIpc) is 3.43. The molecule has 3 heterocycles. The van der Waals surface area contributed by atoms with Gasteiger partial charge in [-0.2, -0.15) is 5.10 Å². The molecule has 0 bridgehead atoms. The van der Waals surface area contributed by atoms with Gasteiger partial charge in [-0.25, -0.2) is 9.37 Å². The van der Waals surface area contributed by atoms with Gasteiger partial charge in [-0.05, 0) is 56.4 Å². The van der Waals surface area contributed by atoms with Crippen LogP contribution in [0.25, 0.3) is 33.5 Å². The van der Waals surface area contributed by atoms with Crippen LogP contribution in [0.2, 0.25) is 0 Å². The molecular formula is C21H21FN6O. The lowest BCUT2D eigenvalue weighted by molar-refractivity contribution is 0.0737. The molecule has 1 aliphatic rings. The second-order valence-electron chi connectivity index (χ2n) is 7.70. The van der Waals surface area contributed by atoms with Gasteiger partial charge in [0.15, 0.2) is 5.82 Å². The van der Waals surface area contributed by atoms with E-state index in [0.29, 0.717) is 22.6 Å². The van der Waals surface area contributed by atoms with E-state index in [1.54, 1.807) is 6.07 Å². The number of rotatable bonds is 3. The number of amides is 1. The normalized spacial score (nSPS) is 17.4. The number of likely N-dealkylation sites (N-methyl/N-ethyl adjacent to an activating group) is 2. The number of H-pyrrole nitrogens is 2.